The number of amides is 2. The van der Waals surface area contributed by atoms with Gasteiger partial charge in [-0.2, -0.15) is 23.7 Å². The third-order valence-electron chi connectivity index (χ3n) is 2.86. The molecular formula is C12H14F2N6O2. The van der Waals surface area contributed by atoms with Crippen LogP contribution in [0.5, 0.6) is 0 Å². The SMILES string of the molecule is CCn1cc(NC(=O)c2ccnn2C(F)F)c(C(=O)NC)n1. The Morgan fingerprint density at radius 2 is 2.09 bits per heavy atom. The minimum atomic E-state index is -2.94. The summed E-state index contributed by atoms with van der Waals surface area (Å²) in [7, 11) is 1.42. The molecule has 0 fully saturated rings. The zero-order valence-electron chi connectivity index (χ0n) is 11.9. The van der Waals surface area contributed by atoms with Gasteiger partial charge in [-0.15, -0.1) is 0 Å². The van der Waals surface area contributed by atoms with Crippen LogP contribution in [0.15, 0.2) is 18.5 Å². The number of hydrogen-bond acceptors (Lipinski definition) is 4. The largest absolute Gasteiger partial charge is 0.354 e. The van der Waals surface area contributed by atoms with Crippen molar-refractivity contribution in [3.63, 3.8) is 0 Å². The molecule has 0 atom stereocenters. The molecular weight excluding hydrogens is 298 g/mol. The van der Waals surface area contributed by atoms with E-state index in [4.69, 9.17) is 0 Å². The predicted octanol–water partition coefficient (Wildman–Crippen LogP) is 1.11. The second-order valence-corrected chi connectivity index (χ2v) is 4.22. The van der Waals surface area contributed by atoms with Crippen LogP contribution in [0.1, 0.15) is 34.5 Å². The number of nitrogens with zero attached hydrogens (tertiary/aromatic N) is 4. The first-order valence-electron chi connectivity index (χ1n) is 6.40. The highest BCUT2D eigenvalue weighted by Gasteiger charge is 2.22. The summed E-state index contributed by atoms with van der Waals surface area (Å²) in [6.45, 7) is -0.653. The number of rotatable bonds is 5. The van der Waals surface area contributed by atoms with Crippen molar-refractivity contribution in [3.8, 4) is 0 Å². The van der Waals surface area contributed by atoms with Crippen molar-refractivity contribution in [2.75, 3.05) is 12.4 Å². The summed E-state index contributed by atoms with van der Waals surface area (Å²) < 4.78 is 27.2. The van der Waals surface area contributed by atoms with E-state index in [2.05, 4.69) is 20.8 Å². The zero-order valence-corrected chi connectivity index (χ0v) is 11.9. The summed E-state index contributed by atoms with van der Waals surface area (Å²) in [6, 6.07) is 1.16. The quantitative estimate of drug-likeness (QED) is 0.864. The van der Waals surface area contributed by atoms with Crippen molar-refractivity contribution >= 4 is 17.5 Å². The molecule has 2 amide bonds. The smallest absolute Gasteiger partial charge is 0.333 e. The van der Waals surface area contributed by atoms with E-state index in [1.807, 2.05) is 0 Å². The number of aryl methyl sites for hydroxylation is 1. The molecule has 118 valence electrons. The third-order valence-corrected chi connectivity index (χ3v) is 2.86. The van der Waals surface area contributed by atoms with Crippen LogP contribution in [0.4, 0.5) is 14.5 Å². The fraction of sp³-hybridized carbons (Fsp3) is 0.333. The summed E-state index contributed by atoms with van der Waals surface area (Å²) in [5, 5.41) is 12.2. The van der Waals surface area contributed by atoms with E-state index < -0.39 is 18.4 Å². The molecule has 2 aromatic rings. The van der Waals surface area contributed by atoms with Crippen LogP contribution >= 0.6 is 0 Å². The first-order valence-corrected chi connectivity index (χ1v) is 6.40. The maximum Gasteiger partial charge on any atom is 0.333 e. The van der Waals surface area contributed by atoms with Gasteiger partial charge in [-0.05, 0) is 13.0 Å². The third kappa shape index (κ3) is 2.95. The fourth-order valence-electron chi connectivity index (χ4n) is 1.80. The lowest BCUT2D eigenvalue weighted by atomic mass is 10.3. The van der Waals surface area contributed by atoms with E-state index >= 15 is 0 Å². The van der Waals surface area contributed by atoms with Crippen molar-refractivity contribution in [2.45, 2.75) is 20.0 Å². The van der Waals surface area contributed by atoms with Gasteiger partial charge in [0.05, 0.1) is 5.69 Å². The van der Waals surface area contributed by atoms with E-state index in [9.17, 15) is 18.4 Å². The van der Waals surface area contributed by atoms with Crippen molar-refractivity contribution in [1.29, 1.82) is 0 Å². The number of halogens is 2. The number of anilines is 1. The Morgan fingerprint density at radius 3 is 2.68 bits per heavy atom. The molecule has 0 saturated heterocycles. The lowest BCUT2D eigenvalue weighted by molar-refractivity contribution is 0.0520. The molecule has 0 aliphatic carbocycles. The summed E-state index contributed by atoms with van der Waals surface area (Å²) in [4.78, 5) is 23.8. The average Bonchev–Trinajstić information content (AvgIpc) is 3.12. The summed E-state index contributed by atoms with van der Waals surface area (Å²) in [5.74, 6) is -1.30. The van der Waals surface area contributed by atoms with Crippen LogP contribution < -0.4 is 10.6 Å². The molecule has 2 heterocycles. The molecule has 0 aliphatic rings. The van der Waals surface area contributed by atoms with Crippen LogP contribution in [0.25, 0.3) is 0 Å². The van der Waals surface area contributed by atoms with Crippen LogP contribution in [-0.2, 0) is 6.54 Å². The molecule has 0 aliphatic heterocycles. The summed E-state index contributed by atoms with van der Waals surface area (Å²) in [6.07, 6.45) is 2.54. The van der Waals surface area contributed by atoms with E-state index in [1.165, 1.54) is 17.9 Å². The molecule has 10 heteroatoms. The molecule has 0 radical (unpaired) electrons. The second-order valence-electron chi connectivity index (χ2n) is 4.22. The van der Waals surface area contributed by atoms with E-state index in [1.54, 1.807) is 6.92 Å². The molecule has 0 bridgehead atoms. The van der Waals surface area contributed by atoms with Gasteiger partial charge in [-0.3, -0.25) is 14.3 Å². The van der Waals surface area contributed by atoms with Gasteiger partial charge >= 0.3 is 6.55 Å². The van der Waals surface area contributed by atoms with Crippen LogP contribution in [0.3, 0.4) is 0 Å². The molecule has 0 spiro atoms. The van der Waals surface area contributed by atoms with Crippen LogP contribution in [-0.4, -0.2) is 38.4 Å². The van der Waals surface area contributed by atoms with Gasteiger partial charge in [-0.25, -0.2) is 0 Å². The lowest BCUT2D eigenvalue weighted by Gasteiger charge is -2.07. The number of carbonyl (C=O) groups is 2. The first kappa shape index (κ1) is 15.6. The molecule has 0 aromatic carbocycles. The van der Waals surface area contributed by atoms with E-state index in [0.29, 0.717) is 11.2 Å². The number of carbonyl (C=O) groups excluding carboxylic acids is 2. The predicted molar refractivity (Wildman–Crippen MR) is 72.7 cm³/mol. The molecule has 0 saturated carbocycles. The standard InChI is InChI=1S/C12H14F2N6O2/c1-3-19-6-7(9(18-19)11(22)15-2)17-10(21)8-4-5-16-20(8)12(13)14/h4-6,12H,3H2,1-2H3,(H,15,22)(H,17,21). The van der Waals surface area contributed by atoms with Gasteiger partial charge in [0.1, 0.15) is 5.69 Å². The Morgan fingerprint density at radius 1 is 1.36 bits per heavy atom. The van der Waals surface area contributed by atoms with Gasteiger partial charge in [-0.1, -0.05) is 0 Å². The molecule has 2 N–H and O–H groups in total. The number of nitrogens with one attached hydrogen (secondary N) is 2. The summed E-state index contributed by atoms with van der Waals surface area (Å²) >= 11 is 0. The van der Waals surface area contributed by atoms with E-state index in [0.717, 1.165) is 12.3 Å². The van der Waals surface area contributed by atoms with Gasteiger partial charge in [0.25, 0.3) is 11.8 Å². The van der Waals surface area contributed by atoms with Gasteiger partial charge < -0.3 is 10.6 Å². The first-order chi connectivity index (χ1) is 10.5. The molecule has 2 rings (SSSR count). The Hall–Kier alpha value is -2.78. The average molecular weight is 312 g/mol. The normalized spacial score (nSPS) is 10.8. The Bertz CT molecular complexity index is 694. The Balaban J connectivity index is 2.30. The fourth-order valence-corrected chi connectivity index (χ4v) is 1.80. The van der Waals surface area contributed by atoms with Gasteiger partial charge in [0.2, 0.25) is 0 Å². The Labute approximate surface area is 124 Å². The number of alkyl halides is 2. The maximum atomic E-state index is 12.7. The molecule has 0 unspecified atom stereocenters. The molecule has 8 nitrogen and oxygen atoms in total. The topological polar surface area (TPSA) is 93.8 Å². The second kappa shape index (κ2) is 6.33. The molecule has 22 heavy (non-hydrogen) atoms. The van der Waals surface area contributed by atoms with Gasteiger partial charge in [0.15, 0.2) is 5.69 Å². The van der Waals surface area contributed by atoms with Gasteiger partial charge in [0, 0.05) is 26.0 Å². The number of hydrogen-bond donors (Lipinski definition) is 2. The highest BCUT2D eigenvalue weighted by atomic mass is 19.3. The molecule has 2 aromatic heterocycles. The van der Waals surface area contributed by atoms with Crippen molar-refractivity contribution in [2.24, 2.45) is 0 Å². The minimum Gasteiger partial charge on any atom is -0.354 e. The van der Waals surface area contributed by atoms with Crippen molar-refractivity contribution in [3.05, 3.63) is 29.8 Å². The Kier molecular flexibility index (Phi) is 4.49. The zero-order chi connectivity index (χ0) is 16.3. The van der Waals surface area contributed by atoms with Crippen LogP contribution in [0, 0.1) is 0 Å². The van der Waals surface area contributed by atoms with Crippen molar-refractivity contribution < 1.29 is 18.4 Å². The highest BCUT2D eigenvalue weighted by molar-refractivity contribution is 6.07. The minimum absolute atomic E-state index is 0.000752. The monoisotopic (exact) mass is 312 g/mol. The highest BCUT2D eigenvalue weighted by Crippen LogP contribution is 2.17. The summed E-state index contributed by atoms with van der Waals surface area (Å²) in [5.41, 5.74) is -0.184. The number of aromatic nitrogens is 4. The van der Waals surface area contributed by atoms with Crippen LogP contribution in [0.2, 0.25) is 0 Å². The van der Waals surface area contributed by atoms with E-state index in [-0.39, 0.29) is 17.1 Å². The lowest BCUT2D eigenvalue weighted by Crippen LogP contribution is -2.23. The maximum absolute atomic E-state index is 12.7. The van der Waals surface area contributed by atoms with Crippen molar-refractivity contribution in [1.82, 2.24) is 24.9 Å².